The number of ether oxygens (including phenoxy) is 1. The molecular formula is C25H19N3O4S. The third-order valence-electron chi connectivity index (χ3n) is 5.48. The highest BCUT2D eigenvalue weighted by Gasteiger charge is 2.34. The van der Waals surface area contributed by atoms with E-state index in [0.717, 1.165) is 0 Å². The lowest BCUT2D eigenvalue weighted by Crippen LogP contribution is -2.32. The first-order chi connectivity index (χ1) is 16.1. The Labute approximate surface area is 193 Å². The van der Waals surface area contributed by atoms with Crippen molar-refractivity contribution in [3.05, 3.63) is 94.3 Å². The van der Waals surface area contributed by atoms with Gasteiger partial charge in [0.1, 0.15) is 5.75 Å². The predicted octanol–water partition coefficient (Wildman–Crippen LogP) is 3.78. The molecule has 4 aromatic rings. The molecule has 33 heavy (non-hydrogen) atoms. The Balaban J connectivity index is 1.47. The van der Waals surface area contributed by atoms with E-state index in [0.29, 0.717) is 44.4 Å². The average molecular weight is 458 g/mol. The molecule has 0 saturated carbocycles. The van der Waals surface area contributed by atoms with Crippen molar-refractivity contribution in [2.75, 3.05) is 19.4 Å². The summed E-state index contributed by atoms with van der Waals surface area (Å²) < 4.78 is 6.86. The molecule has 2 amide bonds. The van der Waals surface area contributed by atoms with Crippen LogP contribution in [0.2, 0.25) is 0 Å². The Kier molecular flexibility index (Phi) is 5.43. The Morgan fingerprint density at radius 3 is 2.30 bits per heavy atom. The van der Waals surface area contributed by atoms with Gasteiger partial charge in [-0.1, -0.05) is 42.1 Å². The summed E-state index contributed by atoms with van der Waals surface area (Å²) in [6.07, 6.45) is 0. The smallest absolute Gasteiger partial charge is 0.266 e. The molecule has 164 valence electrons. The van der Waals surface area contributed by atoms with Crippen LogP contribution in [0.4, 0.5) is 0 Å². The maximum absolute atomic E-state index is 13.4. The number of methoxy groups -OCH3 is 1. The van der Waals surface area contributed by atoms with Crippen LogP contribution in [0.1, 0.15) is 20.7 Å². The van der Waals surface area contributed by atoms with Crippen molar-refractivity contribution in [3.63, 3.8) is 0 Å². The number of aromatic nitrogens is 2. The van der Waals surface area contributed by atoms with Gasteiger partial charge in [-0.3, -0.25) is 23.9 Å². The number of benzene rings is 3. The number of fused-ring (bicyclic) bond motifs is 2. The van der Waals surface area contributed by atoms with Gasteiger partial charge in [0.15, 0.2) is 5.16 Å². The molecule has 0 fully saturated rings. The Morgan fingerprint density at radius 2 is 1.58 bits per heavy atom. The highest BCUT2D eigenvalue weighted by atomic mass is 32.2. The molecule has 0 unspecified atom stereocenters. The van der Waals surface area contributed by atoms with Gasteiger partial charge < -0.3 is 4.74 Å². The molecule has 1 aliphatic rings. The summed E-state index contributed by atoms with van der Waals surface area (Å²) in [5, 5.41) is 0.980. The zero-order valence-corrected chi connectivity index (χ0v) is 18.5. The first-order valence-corrected chi connectivity index (χ1v) is 11.3. The van der Waals surface area contributed by atoms with Gasteiger partial charge >= 0.3 is 0 Å². The van der Waals surface area contributed by atoms with Crippen LogP contribution in [-0.4, -0.2) is 45.7 Å². The Hall–Kier alpha value is -3.91. The average Bonchev–Trinajstić information content (AvgIpc) is 3.09. The minimum atomic E-state index is -0.298. The van der Waals surface area contributed by atoms with E-state index in [9.17, 15) is 14.4 Å². The second kappa shape index (κ2) is 8.55. The zero-order valence-electron chi connectivity index (χ0n) is 17.7. The molecule has 3 aromatic carbocycles. The van der Waals surface area contributed by atoms with Crippen LogP contribution in [0.25, 0.3) is 16.6 Å². The molecule has 5 rings (SSSR count). The van der Waals surface area contributed by atoms with Crippen LogP contribution in [-0.2, 0) is 0 Å². The summed E-state index contributed by atoms with van der Waals surface area (Å²) in [4.78, 5) is 44.6. The van der Waals surface area contributed by atoms with Gasteiger partial charge in [0, 0.05) is 18.4 Å². The Bertz CT molecular complexity index is 1430. The fourth-order valence-corrected chi connectivity index (χ4v) is 4.79. The molecule has 0 radical (unpaired) electrons. The van der Waals surface area contributed by atoms with Gasteiger partial charge in [-0.05, 0) is 36.4 Å². The topological polar surface area (TPSA) is 81.5 Å². The molecule has 8 heteroatoms. The molecule has 0 N–H and O–H groups in total. The van der Waals surface area contributed by atoms with Crippen molar-refractivity contribution in [1.82, 2.24) is 14.5 Å². The van der Waals surface area contributed by atoms with Crippen LogP contribution >= 0.6 is 11.8 Å². The van der Waals surface area contributed by atoms with E-state index in [2.05, 4.69) is 0 Å². The summed E-state index contributed by atoms with van der Waals surface area (Å²) in [5.74, 6) is 0.412. The lowest BCUT2D eigenvalue weighted by molar-refractivity contribution is 0.0664. The van der Waals surface area contributed by atoms with E-state index in [1.807, 2.05) is 18.2 Å². The second-order valence-corrected chi connectivity index (χ2v) is 8.47. The molecule has 0 spiro atoms. The maximum Gasteiger partial charge on any atom is 0.266 e. The number of thioether (sulfide) groups is 1. The van der Waals surface area contributed by atoms with E-state index in [1.54, 1.807) is 61.7 Å². The number of imide groups is 1. The van der Waals surface area contributed by atoms with Crippen LogP contribution < -0.4 is 10.3 Å². The van der Waals surface area contributed by atoms with Crippen LogP contribution in [0.5, 0.6) is 5.75 Å². The molecule has 0 saturated heterocycles. The monoisotopic (exact) mass is 457 g/mol. The predicted molar refractivity (Wildman–Crippen MR) is 126 cm³/mol. The zero-order chi connectivity index (χ0) is 22.9. The number of carbonyl (C=O) groups excluding carboxylic acids is 2. The molecule has 1 aromatic heterocycles. The summed E-state index contributed by atoms with van der Waals surface area (Å²) in [6, 6.07) is 21.2. The number of amides is 2. The van der Waals surface area contributed by atoms with Gasteiger partial charge in [-0.2, -0.15) is 0 Å². The third-order valence-corrected chi connectivity index (χ3v) is 6.40. The molecule has 1 aliphatic heterocycles. The van der Waals surface area contributed by atoms with Crippen LogP contribution in [0.3, 0.4) is 0 Å². The normalized spacial score (nSPS) is 12.9. The van der Waals surface area contributed by atoms with Crippen molar-refractivity contribution in [3.8, 4) is 11.4 Å². The fourth-order valence-electron chi connectivity index (χ4n) is 3.86. The van der Waals surface area contributed by atoms with Gasteiger partial charge in [-0.25, -0.2) is 4.98 Å². The van der Waals surface area contributed by atoms with Gasteiger partial charge in [0.25, 0.3) is 17.4 Å². The summed E-state index contributed by atoms with van der Waals surface area (Å²) >= 11 is 1.32. The van der Waals surface area contributed by atoms with Gasteiger partial charge in [-0.15, -0.1) is 0 Å². The number of nitrogens with zero attached hydrogens (tertiary/aromatic N) is 3. The number of hydrogen-bond acceptors (Lipinski definition) is 6. The standard InChI is InChI=1S/C25H19N3O4S/c1-32-17-8-6-7-16(15-17)28-24(31)20-11-4-5-12-21(20)26-25(28)33-14-13-27-22(29)18-9-2-3-10-19(18)23(27)30/h2-12,15H,13-14H2,1H3. The van der Waals surface area contributed by atoms with E-state index in [1.165, 1.54) is 21.2 Å². The molecule has 0 aliphatic carbocycles. The fraction of sp³-hybridized carbons (Fsp3) is 0.120. The molecular weight excluding hydrogens is 438 g/mol. The highest BCUT2D eigenvalue weighted by Crippen LogP contribution is 2.26. The molecule has 2 heterocycles. The molecule has 0 atom stereocenters. The van der Waals surface area contributed by atoms with Gasteiger partial charge in [0.05, 0.1) is 34.8 Å². The van der Waals surface area contributed by atoms with E-state index < -0.39 is 0 Å². The van der Waals surface area contributed by atoms with Crippen molar-refractivity contribution in [1.29, 1.82) is 0 Å². The SMILES string of the molecule is COc1cccc(-n2c(SCCN3C(=O)c4ccccc4C3=O)nc3ccccc3c2=O)c1. The number of para-hydroxylation sites is 1. The molecule has 0 bridgehead atoms. The van der Waals surface area contributed by atoms with E-state index >= 15 is 0 Å². The minimum Gasteiger partial charge on any atom is -0.497 e. The highest BCUT2D eigenvalue weighted by molar-refractivity contribution is 7.99. The van der Waals surface area contributed by atoms with E-state index in [4.69, 9.17) is 9.72 Å². The van der Waals surface area contributed by atoms with E-state index in [-0.39, 0.29) is 23.9 Å². The lowest BCUT2D eigenvalue weighted by Gasteiger charge is -2.16. The van der Waals surface area contributed by atoms with Crippen molar-refractivity contribution < 1.29 is 14.3 Å². The third kappa shape index (κ3) is 3.68. The van der Waals surface area contributed by atoms with Crippen molar-refractivity contribution >= 4 is 34.5 Å². The second-order valence-electron chi connectivity index (χ2n) is 7.41. The van der Waals surface area contributed by atoms with Crippen LogP contribution in [0, 0.1) is 0 Å². The van der Waals surface area contributed by atoms with Gasteiger partial charge in [0.2, 0.25) is 0 Å². The van der Waals surface area contributed by atoms with Crippen molar-refractivity contribution in [2.24, 2.45) is 0 Å². The largest absolute Gasteiger partial charge is 0.497 e. The lowest BCUT2D eigenvalue weighted by atomic mass is 10.1. The first-order valence-electron chi connectivity index (χ1n) is 10.3. The number of rotatable bonds is 6. The number of hydrogen-bond donors (Lipinski definition) is 0. The summed E-state index contributed by atoms with van der Waals surface area (Å²) in [6.45, 7) is 0.206. The first kappa shape index (κ1) is 21.0. The van der Waals surface area contributed by atoms with Crippen LogP contribution in [0.15, 0.2) is 82.7 Å². The Morgan fingerprint density at radius 1 is 0.879 bits per heavy atom. The number of carbonyl (C=O) groups is 2. The maximum atomic E-state index is 13.4. The minimum absolute atomic E-state index is 0.197. The summed E-state index contributed by atoms with van der Waals surface area (Å²) in [5.41, 5.74) is 1.86. The van der Waals surface area contributed by atoms with Crippen molar-refractivity contribution in [2.45, 2.75) is 5.16 Å². The summed E-state index contributed by atoms with van der Waals surface area (Å²) in [7, 11) is 1.57. The molecule has 7 nitrogen and oxygen atoms in total. The quantitative estimate of drug-likeness (QED) is 0.249.